The molecule has 0 unspecified atom stereocenters. The minimum absolute atomic E-state index is 0.0487. The molecule has 0 aromatic heterocycles. The van der Waals surface area contributed by atoms with Gasteiger partial charge < -0.3 is 74.0 Å². The third-order valence-electron chi connectivity index (χ3n) is 8.85. The van der Waals surface area contributed by atoms with Crippen molar-refractivity contribution in [2.45, 2.75) is 74.1 Å². The van der Waals surface area contributed by atoms with Crippen molar-refractivity contribution in [1.29, 1.82) is 0 Å². The summed E-state index contributed by atoms with van der Waals surface area (Å²) in [7, 11) is 1.22. The Bertz CT molecular complexity index is 1390. The molecule has 0 spiro atoms. The first kappa shape index (κ1) is 36.8. The SMILES string of the molecule is COC(=O)C1=CO[C@@H](O[C@H]2O[C@H](CO[C@H]3O[C@H](COC(=O)C=Cc4ccc(O)cc4)[C@@H](O)[C@H](O)[C@H]3O)[C@@H](O)[C@H](O)[C@H]2O)[C@@H]2C(CO)=CC[C@H]12. The number of aliphatic hydroxyl groups excluding tert-OH is 7. The maximum atomic E-state index is 12.3. The Kier molecular flexibility index (Phi) is 12.1. The van der Waals surface area contributed by atoms with Crippen LogP contribution in [0.3, 0.4) is 0 Å². The van der Waals surface area contributed by atoms with Crippen LogP contribution in [-0.2, 0) is 42.7 Å². The quantitative estimate of drug-likeness (QED) is 0.0679. The van der Waals surface area contributed by atoms with Crippen LogP contribution < -0.4 is 0 Å². The van der Waals surface area contributed by atoms with Crippen molar-refractivity contribution >= 4 is 18.0 Å². The number of ether oxygens (including phenoxy) is 7. The van der Waals surface area contributed by atoms with Gasteiger partial charge in [0.05, 0.1) is 38.1 Å². The van der Waals surface area contributed by atoms with Gasteiger partial charge >= 0.3 is 11.9 Å². The van der Waals surface area contributed by atoms with Crippen LogP contribution in [0.15, 0.2) is 53.8 Å². The number of rotatable bonds is 11. The number of carbonyl (C=O) groups excluding carboxylic acids is 2. The smallest absolute Gasteiger partial charge is 0.337 e. The van der Waals surface area contributed by atoms with Gasteiger partial charge in [-0.25, -0.2) is 9.59 Å². The summed E-state index contributed by atoms with van der Waals surface area (Å²) in [6, 6.07) is 5.98. The maximum absolute atomic E-state index is 12.3. The number of methoxy groups -OCH3 is 1. The molecule has 1 aromatic rings. The van der Waals surface area contributed by atoms with E-state index in [0.29, 0.717) is 17.6 Å². The van der Waals surface area contributed by atoms with Gasteiger partial charge in [0, 0.05) is 12.0 Å². The Labute approximate surface area is 279 Å². The van der Waals surface area contributed by atoms with Crippen LogP contribution in [0, 0.1) is 11.8 Å². The molecule has 1 aromatic carbocycles. The summed E-state index contributed by atoms with van der Waals surface area (Å²) in [5.41, 5.74) is 1.32. The van der Waals surface area contributed by atoms with Crippen LogP contribution in [0.25, 0.3) is 6.08 Å². The van der Waals surface area contributed by atoms with E-state index in [1.54, 1.807) is 18.2 Å². The van der Waals surface area contributed by atoms with Crippen molar-refractivity contribution in [3.63, 3.8) is 0 Å². The summed E-state index contributed by atoms with van der Waals surface area (Å²) in [6.07, 6.45) is -12.0. The molecule has 3 aliphatic heterocycles. The Morgan fingerprint density at radius 1 is 0.857 bits per heavy atom. The number of fused-ring (bicyclic) bond motifs is 1. The van der Waals surface area contributed by atoms with Crippen molar-refractivity contribution in [2.75, 3.05) is 26.9 Å². The average Bonchev–Trinajstić information content (AvgIpc) is 3.55. The lowest BCUT2D eigenvalue weighted by molar-refractivity contribution is -0.352. The molecular weight excluding hydrogens is 656 g/mol. The topological polar surface area (TPSA) is 261 Å². The Morgan fingerprint density at radius 3 is 2.14 bits per heavy atom. The lowest BCUT2D eigenvalue weighted by Crippen LogP contribution is -2.62. The second-order valence-electron chi connectivity index (χ2n) is 11.9. The molecule has 4 aliphatic rings. The van der Waals surface area contributed by atoms with E-state index in [-0.39, 0.29) is 17.9 Å². The van der Waals surface area contributed by atoms with Gasteiger partial charge in [0.1, 0.15) is 61.2 Å². The summed E-state index contributed by atoms with van der Waals surface area (Å²) in [5.74, 6) is -2.54. The van der Waals surface area contributed by atoms with Gasteiger partial charge in [-0.1, -0.05) is 18.2 Å². The van der Waals surface area contributed by atoms with E-state index in [4.69, 9.17) is 33.2 Å². The monoisotopic (exact) mass is 696 g/mol. The lowest BCUT2D eigenvalue weighted by atomic mass is 9.83. The highest BCUT2D eigenvalue weighted by molar-refractivity contribution is 5.89. The number of aliphatic hydroxyl groups is 7. The normalized spacial score (nSPS) is 37.5. The third kappa shape index (κ3) is 8.13. The van der Waals surface area contributed by atoms with Gasteiger partial charge in [0.15, 0.2) is 12.6 Å². The van der Waals surface area contributed by atoms with Gasteiger partial charge in [0.2, 0.25) is 6.29 Å². The molecule has 49 heavy (non-hydrogen) atoms. The van der Waals surface area contributed by atoms with Crippen molar-refractivity contribution in [3.8, 4) is 5.75 Å². The largest absolute Gasteiger partial charge is 0.508 e. The van der Waals surface area contributed by atoms with Gasteiger partial charge in [-0.05, 0) is 35.8 Å². The van der Waals surface area contributed by atoms with Crippen LogP contribution in [0.4, 0.5) is 0 Å². The fourth-order valence-electron chi connectivity index (χ4n) is 6.06. The molecule has 2 saturated heterocycles. The molecule has 0 bridgehead atoms. The van der Waals surface area contributed by atoms with E-state index in [0.717, 1.165) is 12.3 Å². The number of aromatic hydroxyl groups is 1. The van der Waals surface area contributed by atoms with E-state index >= 15 is 0 Å². The molecular formula is C32H40O17. The highest BCUT2D eigenvalue weighted by Crippen LogP contribution is 2.44. The molecule has 8 N–H and O–H groups in total. The summed E-state index contributed by atoms with van der Waals surface area (Å²) in [5, 5.41) is 82.6. The van der Waals surface area contributed by atoms with Crippen LogP contribution in [0.5, 0.6) is 5.75 Å². The number of allylic oxidation sites excluding steroid dienone is 1. The number of esters is 2. The van der Waals surface area contributed by atoms with Crippen LogP contribution in [0.1, 0.15) is 12.0 Å². The summed E-state index contributed by atoms with van der Waals surface area (Å²) < 4.78 is 38.3. The van der Waals surface area contributed by atoms with Gasteiger partial charge in [-0.3, -0.25) is 0 Å². The first-order valence-corrected chi connectivity index (χ1v) is 15.5. The standard InChI is InChI=1S/C32H40O17/c1-43-29(42)18-11-45-30(22-15(10-33)5-8-17(18)22)49-32-28(41)26(39)24(37)20(48-32)13-46-31-27(40)25(38)23(36)19(47-31)12-44-21(35)9-4-14-2-6-16(34)7-3-14/h2-7,9,11,17,19-20,22-28,30-34,36-41H,8,10,12-13H2,1H3/t17-,19-,20-,22-,23-,24-,25+,26+,27-,28-,30+,31+,32-/m1/s1. The van der Waals surface area contributed by atoms with Crippen molar-refractivity contribution in [1.82, 2.24) is 0 Å². The second kappa shape index (κ2) is 16.0. The molecule has 0 radical (unpaired) electrons. The number of hydrogen-bond acceptors (Lipinski definition) is 17. The Hall–Kier alpha value is -3.46. The van der Waals surface area contributed by atoms with Crippen molar-refractivity contribution in [3.05, 3.63) is 59.4 Å². The highest BCUT2D eigenvalue weighted by atomic mass is 16.8. The van der Waals surface area contributed by atoms with Crippen LogP contribution in [-0.4, -0.2) is 147 Å². The fraction of sp³-hybridized carbons (Fsp3) is 0.562. The van der Waals surface area contributed by atoms with E-state index in [9.17, 15) is 50.4 Å². The first-order valence-electron chi connectivity index (χ1n) is 15.5. The molecule has 3 heterocycles. The van der Waals surface area contributed by atoms with E-state index in [2.05, 4.69) is 0 Å². The number of hydrogen-bond donors (Lipinski definition) is 8. The molecule has 0 saturated carbocycles. The van der Waals surface area contributed by atoms with Crippen LogP contribution in [0.2, 0.25) is 0 Å². The van der Waals surface area contributed by atoms with Crippen molar-refractivity contribution in [2.24, 2.45) is 11.8 Å². The molecule has 1 aliphatic carbocycles. The molecule has 5 rings (SSSR count). The third-order valence-corrected chi connectivity index (χ3v) is 8.85. The van der Waals surface area contributed by atoms with Crippen molar-refractivity contribution < 1.29 is 83.6 Å². The van der Waals surface area contributed by atoms with Gasteiger partial charge in [0.25, 0.3) is 0 Å². The number of carbonyl (C=O) groups is 2. The summed E-state index contributed by atoms with van der Waals surface area (Å²) in [4.78, 5) is 24.5. The molecule has 270 valence electrons. The zero-order valence-corrected chi connectivity index (χ0v) is 26.2. The van der Waals surface area contributed by atoms with E-state index < -0.39 is 105 Å². The Balaban J connectivity index is 1.19. The lowest BCUT2D eigenvalue weighted by Gasteiger charge is -2.44. The minimum atomic E-state index is -1.81. The minimum Gasteiger partial charge on any atom is -0.508 e. The second-order valence-corrected chi connectivity index (χ2v) is 11.9. The summed E-state index contributed by atoms with van der Waals surface area (Å²) in [6.45, 7) is -1.51. The maximum Gasteiger partial charge on any atom is 0.337 e. The van der Waals surface area contributed by atoms with E-state index in [1.165, 1.54) is 25.3 Å². The van der Waals surface area contributed by atoms with Gasteiger partial charge in [-0.15, -0.1) is 0 Å². The van der Waals surface area contributed by atoms with Crippen LogP contribution >= 0.6 is 0 Å². The number of phenolic OH excluding ortho intramolecular Hbond substituents is 1. The molecule has 17 nitrogen and oxygen atoms in total. The van der Waals surface area contributed by atoms with Gasteiger partial charge in [-0.2, -0.15) is 0 Å². The summed E-state index contributed by atoms with van der Waals surface area (Å²) >= 11 is 0. The average molecular weight is 697 g/mol. The number of benzene rings is 1. The Morgan fingerprint density at radius 2 is 1.49 bits per heavy atom. The number of phenols is 1. The molecule has 2 fully saturated rings. The molecule has 17 heteroatoms. The fourth-order valence-corrected chi connectivity index (χ4v) is 6.06. The first-order chi connectivity index (χ1) is 23.4. The molecule has 0 amide bonds. The predicted octanol–water partition coefficient (Wildman–Crippen LogP) is -2.43. The predicted molar refractivity (Wildman–Crippen MR) is 160 cm³/mol. The van der Waals surface area contributed by atoms with E-state index in [1.807, 2.05) is 0 Å². The molecule has 13 atom stereocenters. The zero-order valence-electron chi connectivity index (χ0n) is 26.2. The highest BCUT2D eigenvalue weighted by Gasteiger charge is 2.51. The zero-order chi connectivity index (χ0) is 35.4.